The van der Waals surface area contributed by atoms with E-state index >= 15 is 4.39 Å². The molecule has 1 N–H and O–H groups in total. The molecule has 1 atom stereocenters. The van der Waals surface area contributed by atoms with Crippen LogP contribution in [0.15, 0.2) is 77.8 Å². The average molecular weight is 982 g/mol. The largest absolute Gasteiger partial charge is 0.497 e. The Morgan fingerprint density at radius 1 is 1.06 bits per heavy atom. The molecule has 1 aliphatic heterocycles. The first-order chi connectivity index (χ1) is 32.7. The van der Waals surface area contributed by atoms with Gasteiger partial charge in [0, 0.05) is 38.2 Å². The molecule has 18 heteroatoms. The molecule has 1 unspecified atom stereocenters. The second-order valence-corrected chi connectivity index (χ2v) is 25.6. The van der Waals surface area contributed by atoms with Crippen molar-refractivity contribution in [3.63, 3.8) is 0 Å². The molecule has 0 spiro atoms. The van der Waals surface area contributed by atoms with Gasteiger partial charge in [-0.3, -0.25) is 4.57 Å². The van der Waals surface area contributed by atoms with Gasteiger partial charge in [0.1, 0.15) is 12.5 Å². The van der Waals surface area contributed by atoms with E-state index < -0.39 is 25.6 Å². The van der Waals surface area contributed by atoms with Crippen LogP contribution in [0.1, 0.15) is 58.7 Å². The lowest BCUT2D eigenvalue weighted by atomic mass is 10.2. The maximum Gasteiger partial charge on any atom is 0.357 e. The number of benzene rings is 3. The fourth-order valence-electron chi connectivity index (χ4n) is 7.20. The van der Waals surface area contributed by atoms with E-state index in [1.807, 2.05) is 68.1 Å². The Morgan fingerprint density at radius 3 is 2.59 bits per heavy atom. The number of rotatable bonds is 21. The van der Waals surface area contributed by atoms with Gasteiger partial charge < -0.3 is 38.6 Å². The maximum atomic E-state index is 15.1. The normalized spacial score (nSPS) is 14.8. The van der Waals surface area contributed by atoms with E-state index in [0.717, 1.165) is 37.9 Å². The number of anilines is 2. The van der Waals surface area contributed by atoms with Crippen molar-refractivity contribution in [2.24, 2.45) is 4.99 Å². The number of halogens is 1. The fraction of sp³-hybridized carbons (Fsp3) is 0.420. The summed E-state index contributed by atoms with van der Waals surface area (Å²) in [5, 5.41) is 13.2. The Kier molecular flexibility index (Phi) is 17.2. The van der Waals surface area contributed by atoms with Crippen molar-refractivity contribution in [1.82, 2.24) is 25.1 Å². The van der Waals surface area contributed by atoms with Gasteiger partial charge in [-0.05, 0) is 106 Å². The van der Waals surface area contributed by atoms with Gasteiger partial charge in [-0.2, -0.15) is 4.99 Å². The summed E-state index contributed by atoms with van der Waals surface area (Å²) in [6.45, 7) is 16.0. The van der Waals surface area contributed by atoms with Crippen molar-refractivity contribution in [3.05, 3.63) is 111 Å². The Morgan fingerprint density at radius 2 is 1.87 bits per heavy atom. The molecule has 0 amide bonds. The molecule has 6 aromatic rings. The first kappa shape index (κ1) is 50.4. The first-order valence-corrected chi connectivity index (χ1v) is 28.0. The minimum absolute atomic E-state index is 0.121. The summed E-state index contributed by atoms with van der Waals surface area (Å²) >= 11 is 2.93. The molecule has 7 rings (SSSR count). The van der Waals surface area contributed by atoms with Crippen LogP contribution in [0.2, 0.25) is 25.7 Å². The van der Waals surface area contributed by atoms with Gasteiger partial charge in [0.05, 0.1) is 50.3 Å². The maximum absolute atomic E-state index is 15.1. The second kappa shape index (κ2) is 23.2. The summed E-state index contributed by atoms with van der Waals surface area (Å²) in [5.41, 5.74) is 3.69. The number of carbonyl (C=O) groups excluding carboxylic acids is 1. The van der Waals surface area contributed by atoms with Crippen LogP contribution in [0.25, 0.3) is 10.2 Å². The minimum Gasteiger partial charge on any atom is -0.497 e. The van der Waals surface area contributed by atoms with Crippen LogP contribution in [-0.2, 0) is 38.6 Å². The Balaban J connectivity index is 1.05. The van der Waals surface area contributed by atoms with Crippen LogP contribution in [0.4, 0.5) is 21.2 Å². The highest BCUT2D eigenvalue weighted by molar-refractivity contribution is 7.16. The molecule has 3 aromatic carbocycles. The number of nitrogens with one attached hydrogen (secondary N) is 1. The number of fused-ring (bicyclic) bond motifs is 1. The van der Waals surface area contributed by atoms with Crippen molar-refractivity contribution in [2.75, 3.05) is 52.0 Å². The zero-order valence-corrected chi connectivity index (χ0v) is 42.7. The van der Waals surface area contributed by atoms with Gasteiger partial charge >= 0.3 is 5.97 Å². The topological polar surface area (TPSA) is 144 Å². The quantitative estimate of drug-likeness (QED) is 0.0318. The smallest absolute Gasteiger partial charge is 0.357 e. The van der Waals surface area contributed by atoms with E-state index in [9.17, 15) is 4.79 Å². The third-order valence-electron chi connectivity index (χ3n) is 10.9. The Hall–Kier alpha value is -5.52. The number of ether oxygens (including phenoxy) is 6. The van der Waals surface area contributed by atoms with Crippen LogP contribution in [-0.4, -0.2) is 92.8 Å². The van der Waals surface area contributed by atoms with Crippen LogP contribution in [0.5, 0.6) is 11.5 Å². The highest BCUT2D eigenvalue weighted by atomic mass is 32.1. The van der Waals surface area contributed by atoms with E-state index in [-0.39, 0.29) is 24.2 Å². The molecule has 0 saturated carbocycles. The number of esters is 1. The van der Waals surface area contributed by atoms with E-state index in [1.165, 1.54) is 24.5 Å². The molecule has 0 bridgehead atoms. The summed E-state index contributed by atoms with van der Waals surface area (Å²) in [6, 6.07) is 23.7. The van der Waals surface area contributed by atoms with Crippen LogP contribution in [0.3, 0.4) is 0 Å². The lowest BCUT2D eigenvalue weighted by Crippen LogP contribution is -2.26. The molecule has 1 saturated heterocycles. The molecule has 68 heavy (non-hydrogen) atoms. The molecular formula is C50H60FN7O7S2Si. The highest BCUT2D eigenvalue weighted by Gasteiger charge is 2.33. The third-order valence-corrected chi connectivity index (χ3v) is 14.8. The monoisotopic (exact) mass is 981 g/mol. The minimum atomic E-state index is -1.26. The molecule has 0 radical (unpaired) electrons. The van der Waals surface area contributed by atoms with Gasteiger partial charge in [0.25, 0.3) is 0 Å². The highest BCUT2D eigenvalue weighted by Crippen LogP contribution is 2.35. The molecule has 360 valence electrons. The zero-order valence-electron chi connectivity index (χ0n) is 40.0. The number of aryl methyl sites for hydroxylation is 2. The van der Waals surface area contributed by atoms with Gasteiger partial charge in [0.15, 0.2) is 44.6 Å². The van der Waals surface area contributed by atoms with Crippen molar-refractivity contribution in [1.29, 1.82) is 0 Å². The predicted molar refractivity (Wildman–Crippen MR) is 268 cm³/mol. The van der Waals surface area contributed by atoms with E-state index in [2.05, 4.69) is 58.6 Å². The number of hydrogen-bond acceptors (Lipinski definition) is 15. The molecule has 4 heterocycles. The van der Waals surface area contributed by atoms with Crippen LogP contribution >= 0.6 is 22.7 Å². The molecular weight excluding hydrogens is 922 g/mol. The molecule has 3 aromatic heterocycles. The van der Waals surface area contributed by atoms with Crippen molar-refractivity contribution < 1.29 is 37.6 Å². The summed E-state index contributed by atoms with van der Waals surface area (Å²) in [6.07, 6.45) is 1.32. The zero-order chi connectivity index (χ0) is 48.3. The van der Waals surface area contributed by atoms with E-state index in [4.69, 9.17) is 43.5 Å². The fourth-order valence-corrected chi connectivity index (χ4v) is 10.1. The van der Waals surface area contributed by atoms with E-state index in [1.54, 1.807) is 30.6 Å². The van der Waals surface area contributed by atoms with Crippen LogP contribution < -0.4 is 24.5 Å². The van der Waals surface area contributed by atoms with Crippen LogP contribution in [0, 0.1) is 24.6 Å². The molecule has 1 aliphatic rings. The number of methoxy groups -OCH3 is 2. The van der Waals surface area contributed by atoms with Gasteiger partial charge in [-0.1, -0.05) is 67.1 Å². The van der Waals surface area contributed by atoms with E-state index in [0.29, 0.717) is 86.0 Å². The molecule has 14 nitrogen and oxygen atoms in total. The third kappa shape index (κ3) is 13.8. The summed E-state index contributed by atoms with van der Waals surface area (Å²) in [5.74, 6) is 6.22. The number of para-hydroxylation sites is 1. The van der Waals surface area contributed by atoms with Crippen molar-refractivity contribution >= 4 is 63.7 Å². The number of hydrogen-bond donors (Lipinski definition) is 1. The first-order valence-electron chi connectivity index (χ1n) is 22.7. The predicted octanol–water partition coefficient (Wildman–Crippen LogP) is 9.57. The SMILES string of the molecule is COC(=O)c1nc(N(CCC2COC(C)(C)O2)c2cc(C)c(N=c3sc4ccccc4n3COCC[Si](C)(C)C)nn2)sc1CCCOc1ccc(C#CCNCc2ccc(OC)cc2)cc1F. The summed E-state index contributed by atoms with van der Waals surface area (Å²) < 4.78 is 52.8. The number of nitrogens with zero attached hydrogens (tertiary/aromatic N) is 6. The molecule has 0 aliphatic carbocycles. The van der Waals surface area contributed by atoms with Gasteiger partial charge in [-0.15, -0.1) is 21.5 Å². The van der Waals surface area contributed by atoms with Crippen molar-refractivity contribution in [3.8, 4) is 23.3 Å². The standard InChI is InChI=1S/C50H60FN7O7S2Si/c1-34-29-44(55-56-46(34)54-49-58(33-62-27-28-68(6,7)8)40-14-9-10-15-42(40)66-49)57(25-23-38-32-64-50(2,3)65-38)48-53-45(47(59)61-5)43(67-48)16-12-26-63-41-22-19-35(30-39(41)51)13-11-24-52-31-36-17-20-37(60-4)21-18-36/h9-10,14-15,17-22,29-30,38,52H,12,16,23-28,31-33H2,1-8H3. The summed E-state index contributed by atoms with van der Waals surface area (Å²) in [4.78, 5) is 26.4. The number of aromatic nitrogens is 4. The lowest BCUT2D eigenvalue weighted by Gasteiger charge is -2.23. The van der Waals surface area contributed by atoms with Gasteiger partial charge in [0.2, 0.25) is 0 Å². The summed E-state index contributed by atoms with van der Waals surface area (Å²) in [7, 11) is 1.71. The Labute approximate surface area is 406 Å². The number of carbonyl (C=O) groups is 1. The second-order valence-electron chi connectivity index (χ2n) is 18.0. The lowest BCUT2D eigenvalue weighted by molar-refractivity contribution is -0.138. The average Bonchev–Trinajstić information content (AvgIpc) is 4.01. The van der Waals surface area contributed by atoms with Gasteiger partial charge in [-0.25, -0.2) is 14.2 Å². The van der Waals surface area contributed by atoms with Crippen molar-refractivity contribution in [2.45, 2.75) is 90.9 Å². The number of thiazole rings is 2. The Bertz CT molecular complexity index is 2800. The molecule has 1 fully saturated rings.